The van der Waals surface area contributed by atoms with Crippen LogP contribution in [0, 0.1) is 0 Å². The summed E-state index contributed by atoms with van der Waals surface area (Å²) in [6, 6.07) is 10.4. The molecule has 1 aromatic carbocycles. The number of benzene rings is 1. The molecule has 0 saturated heterocycles. The number of hydrogen-bond donors (Lipinski definition) is 1. The zero-order valence-electron chi connectivity index (χ0n) is 9.41. The lowest BCUT2D eigenvalue weighted by Crippen LogP contribution is -2.12. The Morgan fingerprint density at radius 2 is 2.06 bits per heavy atom. The molecular weight excluding hydrogens is 232 g/mol. The Balaban J connectivity index is 1.84. The summed E-state index contributed by atoms with van der Waals surface area (Å²) in [7, 11) is 0. The summed E-state index contributed by atoms with van der Waals surface area (Å²) in [4.78, 5) is 4.27. The molecule has 2 aromatic rings. The lowest BCUT2D eigenvalue weighted by Gasteiger charge is -2.01. The fourth-order valence-electron chi connectivity index (χ4n) is 1.61. The molecule has 0 amide bonds. The predicted octanol–water partition coefficient (Wildman–Crippen LogP) is 1.55. The molecule has 2 N–H and O–H groups in total. The van der Waals surface area contributed by atoms with Crippen LogP contribution >= 0.6 is 12.2 Å². The van der Waals surface area contributed by atoms with Gasteiger partial charge in [-0.25, -0.2) is 4.98 Å². The third kappa shape index (κ3) is 3.35. The van der Waals surface area contributed by atoms with Crippen LogP contribution in [0.3, 0.4) is 0 Å². The molecule has 0 fully saturated rings. The lowest BCUT2D eigenvalue weighted by molar-refractivity contribution is 0.576. The number of nitrogens with two attached hydrogens (primary N) is 1. The van der Waals surface area contributed by atoms with E-state index in [0.29, 0.717) is 5.82 Å². The van der Waals surface area contributed by atoms with Crippen molar-refractivity contribution in [2.75, 3.05) is 0 Å². The first kappa shape index (κ1) is 11.7. The summed E-state index contributed by atoms with van der Waals surface area (Å²) < 4.78 is 1.78. The smallest absolute Gasteiger partial charge is 0.208 e. The molecule has 0 spiro atoms. The summed E-state index contributed by atoms with van der Waals surface area (Å²) in [6.45, 7) is 0.824. The normalized spacial score (nSPS) is 10.4. The average molecular weight is 246 g/mol. The third-order valence-electron chi connectivity index (χ3n) is 2.45. The summed E-state index contributed by atoms with van der Waals surface area (Å²) >= 11 is 4.80. The van der Waals surface area contributed by atoms with Crippen molar-refractivity contribution in [2.45, 2.75) is 19.4 Å². The van der Waals surface area contributed by atoms with Gasteiger partial charge in [-0.05, 0) is 18.4 Å². The highest BCUT2D eigenvalue weighted by atomic mass is 32.1. The van der Waals surface area contributed by atoms with E-state index in [4.69, 9.17) is 18.0 Å². The van der Waals surface area contributed by atoms with E-state index in [1.807, 2.05) is 6.07 Å². The molecule has 0 aliphatic rings. The van der Waals surface area contributed by atoms with Crippen molar-refractivity contribution in [2.24, 2.45) is 5.73 Å². The molecule has 0 aliphatic heterocycles. The van der Waals surface area contributed by atoms with Gasteiger partial charge in [-0.3, -0.25) is 4.68 Å². The van der Waals surface area contributed by atoms with E-state index in [1.54, 1.807) is 11.0 Å². The molecular formula is C12H14N4S. The van der Waals surface area contributed by atoms with Gasteiger partial charge in [0, 0.05) is 6.54 Å². The molecule has 0 bridgehead atoms. The van der Waals surface area contributed by atoms with Crippen molar-refractivity contribution in [1.82, 2.24) is 14.8 Å². The first-order chi connectivity index (χ1) is 8.25. The van der Waals surface area contributed by atoms with Gasteiger partial charge in [-0.2, -0.15) is 0 Å². The standard InChI is InChI=1S/C12H14N4S/c13-11(17)12-14-9-16(15-12)8-4-7-10-5-2-1-3-6-10/h1-3,5-6,9H,4,7-8H2,(H2,13,17). The van der Waals surface area contributed by atoms with Crippen LogP contribution in [-0.4, -0.2) is 19.8 Å². The molecule has 0 radical (unpaired) electrons. The second-order valence-electron chi connectivity index (χ2n) is 3.78. The Hall–Kier alpha value is -1.75. The van der Waals surface area contributed by atoms with E-state index in [-0.39, 0.29) is 4.99 Å². The predicted molar refractivity (Wildman–Crippen MR) is 70.7 cm³/mol. The van der Waals surface area contributed by atoms with Crippen molar-refractivity contribution < 1.29 is 0 Å². The van der Waals surface area contributed by atoms with Gasteiger partial charge in [0.15, 0.2) is 0 Å². The van der Waals surface area contributed by atoms with Gasteiger partial charge in [0.2, 0.25) is 5.82 Å². The summed E-state index contributed by atoms with van der Waals surface area (Å²) in [5.74, 6) is 0.444. The largest absolute Gasteiger partial charge is 0.387 e. The highest BCUT2D eigenvalue weighted by Crippen LogP contribution is 2.03. The molecule has 1 aromatic heterocycles. The van der Waals surface area contributed by atoms with Crippen molar-refractivity contribution in [3.63, 3.8) is 0 Å². The first-order valence-corrected chi connectivity index (χ1v) is 5.90. The quantitative estimate of drug-likeness (QED) is 0.813. The highest BCUT2D eigenvalue weighted by Gasteiger charge is 2.02. The van der Waals surface area contributed by atoms with Crippen LogP contribution in [0.25, 0.3) is 0 Å². The Morgan fingerprint density at radius 3 is 2.71 bits per heavy atom. The second kappa shape index (κ2) is 5.54. The van der Waals surface area contributed by atoms with Gasteiger partial charge < -0.3 is 5.73 Å². The highest BCUT2D eigenvalue weighted by molar-refractivity contribution is 7.80. The fourth-order valence-corrected chi connectivity index (χ4v) is 1.70. The average Bonchev–Trinajstić information content (AvgIpc) is 2.79. The molecule has 0 unspecified atom stereocenters. The number of hydrogen-bond acceptors (Lipinski definition) is 3. The molecule has 17 heavy (non-hydrogen) atoms. The van der Waals surface area contributed by atoms with E-state index in [2.05, 4.69) is 34.3 Å². The zero-order chi connectivity index (χ0) is 12.1. The van der Waals surface area contributed by atoms with E-state index < -0.39 is 0 Å². The number of thiocarbonyl (C=S) groups is 1. The Kier molecular flexibility index (Phi) is 3.82. The number of aryl methyl sites for hydroxylation is 2. The molecule has 0 atom stereocenters. The van der Waals surface area contributed by atoms with Crippen LogP contribution in [0.4, 0.5) is 0 Å². The van der Waals surface area contributed by atoms with Gasteiger partial charge in [-0.1, -0.05) is 42.5 Å². The van der Waals surface area contributed by atoms with Crippen LogP contribution in [-0.2, 0) is 13.0 Å². The topological polar surface area (TPSA) is 56.7 Å². The molecule has 0 aliphatic carbocycles. The van der Waals surface area contributed by atoms with Crippen LogP contribution in [0.2, 0.25) is 0 Å². The number of aromatic nitrogens is 3. The summed E-state index contributed by atoms with van der Waals surface area (Å²) in [5.41, 5.74) is 6.78. The Labute approximate surface area is 105 Å². The molecule has 5 heteroatoms. The van der Waals surface area contributed by atoms with E-state index in [0.717, 1.165) is 19.4 Å². The van der Waals surface area contributed by atoms with E-state index in [1.165, 1.54) is 5.56 Å². The Bertz CT molecular complexity index is 492. The zero-order valence-corrected chi connectivity index (χ0v) is 10.2. The van der Waals surface area contributed by atoms with Crippen molar-refractivity contribution in [3.8, 4) is 0 Å². The summed E-state index contributed by atoms with van der Waals surface area (Å²) in [6.07, 6.45) is 3.72. The van der Waals surface area contributed by atoms with Crippen LogP contribution in [0.5, 0.6) is 0 Å². The van der Waals surface area contributed by atoms with Gasteiger partial charge in [0.25, 0.3) is 0 Å². The van der Waals surface area contributed by atoms with Gasteiger partial charge in [0.05, 0.1) is 0 Å². The SMILES string of the molecule is NC(=S)c1ncn(CCCc2ccccc2)n1. The maximum Gasteiger partial charge on any atom is 0.208 e. The maximum atomic E-state index is 5.44. The van der Waals surface area contributed by atoms with E-state index in [9.17, 15) is 0 Å². The molecule has 1 heterocycles. The monoisotopic (exact) mass is 246 g/mol. The van der Waals surface area contributed by atoms with Crippen molar-refractivity contribution >= 4 is 17.2 Å². The molecule has 0 saturated carbocycles. The Morgan fingerprint density at radius 1 is 1.29 bits per heavy atom. The van der Waals surface area contributed by atoms with Crippen LogP contribution in [0.1, 0.15) is 17.8 Å². The first-order valence-electron chi connectivity index (χ1n) is 5.49. The maximum absolute atomic E-state index is 5.44. The molecule has 2 rings (SSSR count). The third-order valence-corrected chi connectivity index (χ3v) is 2.63. The van der Waals surface area contributed by atoms with Gasteiger partial charge >= 0.3 is 0 Å². The van der Waals surface area contributed by atoms with Crippen LogP contribution in [0.15, 0.2) is 36.7 Å². The minimum atomic E-state index is 0.242. The van der Waals surface area contributed by atoms with Crippen molar-refractivity contribution in [1.29, 1.82) is 0 Å². The van der Waals surface area contributed by atoms with Crippen LogP contribution < -0.4 is 5.73 Å². The fraction of sp³-hybridized carbons (Fsp3) is 0.250. The minimum absolute atomic E-state index is 0.242. The number of nitrogens with zero attached hydrogens (tertiary/aromatic N) is 3. The van der Waals surface area contributed by atoms with Gasteiger partial charge in [-0.15, -0.1) is 5.10 Å². The van der Waals surface area contributed by atoms with Crippen molar-refractivity contribution in [3.05, 3.63) is 48.0 Å². The number of rotatable bonds is 5. The molecule has 88 valence electrons. The second-order valence-corrected chi connectivity index (χ2v) is 4.22. The van der Waals surface area contributed by atoms with E-state index >= 15 is 0 Å². The lowest BCUT2D eigenvalue weighted by atomic mass is 10.1. The van der Waals surface area contributed by atoms with Gasteiger partial charge in [0.1, 0.15) is 11.3 Å². The molecule has 4 nitrogen and oxygen atoms in total. The summed E-state index contributed by atoms with van der Waals surface area (Å²) in [5, 5.41) is 4.18. The minimum Gasteiger partial charge on any atom is -0.387 e.